The molecule has 0 aliphatic carbocycles. The Balaban J connectivity index is 1.20. The summed E-state index contributed by atoms with van der Waals surface area (Å²) in [6.07, 6.45) is 2.03. The van der Waals surface area contributed by atoms with Crippen molar-refractivity contribution in [1.82, 2.24) is 10.2 Å². The molecule has 0 aromatic heterocycles. The highest BCUT2D eigenvalue weighted by Gasteiger charge is 2.35. The van der Waals surface area contributed by atoms with Gasteiger partial charge in [-0.3, -0.25) is 4.79 Å². The molecule has 0 saturated carbocycles. The van der Waals surface area contributed by atoms with Gasteiger partial charge in [0.25, 0.3) is 5.91 Å². The molecule has 6 rings (SSSR count). The zero-order valence-electron chi connectivity index (χ0n) is 17.3. The molecular weight excluding hydrogens is 394 g/mol. The van der Waals surface area contributed by atoms with Crippen LogP contribution in [0, 0.1) is 17.2 Å². The molecule has 2 atom stereocenters. The van der Waals surface area contributed by atoms with Crippen molar-refractivity contribution in [3.63, 3.8) is 0 Å². The average molecular weight is 419 g/mol. The van der Waals surface area contributed by atoms with Crippen LogP contribution in [0.4, 0.5) is 0 Å². The van der Waals surface area contributed by atoms with Crippen molar-refractivity contribution in [3.05, 3.63) is 53.6 Å². The molecule has 1 N–H and O–H groups in total. The molecule has 3 saturated heterocycles. The molecule has 2 bridgehead atoms. The maximum Gasteiger partial charge on any atom is 0.251 e. The fourth-order valence-electron chi connectivity index (χ4n) is 4.53. The van der Waals surface area contributed by atoms with Gasteiger partial charge in [-0.2, -0.15) is 5.26 Å². The van der Waals surface area contributed by atoms with E-state index in [1.807, 2.05) is 0 Å². The number of ether oxygens (including phenoxy) is 3. The van der Waals surface area contributed by atoms with Crippen LogP contribution in [-0.4, -0.2) is 55.8 Å². The summed E-state index contributed by atoms with van der Waals surface area (Å²) in [4.78, 5) is 15.3. The highest BCUT2D eigenvalue weighted by molar-refractivity contribution is 5.95. The van der Waals surface area contributed by atoms with E-state index in [4.69, 9.17) is 19.5 Å². The van der Waals surface area contributed by atoms with Crippen molar-refractivity contribution in [2.24, 2.45) is 5.92 Å². The van der Waals surface area contributed by atoms with E-state index in [-0.39, 0.29) is 18.1 Å². The van der Waals surface area contributed by atoms with Gasteiger partial charge < -0.3 is 24.4 Å². The number of carbonyl (C=O) groups is 1. The van der Waals surface area contributed by atoms with Crippen molar-refractivity contribution in [2.75, 3.05) is 32.8 Å². The van der Waals surface area contributed by atoms with Gasteiger partial charge in [0.05, 0.1) is 11.6 Å². The lowest BCUT2D eigenvalue weighted by Crippen LogP contribution is -2.57. The van der Waals surface area contributed by atoms with E-state index in [1.54, 1.807) is 42.5 Å². The number of amides is 1. The average Bonchev–Trinajstić information content (AvgIpc) is 2.83. The molecule has 4 heterocycles. The topological polar surface area (TPSA) is 83.8 Å². The quantitative estimate of drug-likeness (QED) is 0.802. The third-order valence-electron chi connectivity index (χ3n) is 6.32. The van der Waals surface area contributed by atoms with E-state index < -0.39 is 0 Å². The maximum absolute atomic E-state index is 12.8. The number of nitriles is 1. The second-order valence-corrected chi connectivity index (χ2v) is 8.38. The number of piperidine rings is 3. The first-order chi connectivity index (χ1) is 15.2. The predicted molar refractivity (Wildman–Crippen MR) is 113 cm³/mol. The summed E-state index contributed by atoms with van der Waals surface area (Å²) in [5.74, 6) is 2.37. The van der Waals surface area contributed by atoms with Gasteiger partial charge in [-0.05, 0) is 74.3 Å². The number of nitrogens with one attached hydrogen (secondary N) is 1. The zero-order valence-corrected chi connectivity index (χ0v) is 17.3. The lowest BCUT2D eigenvalue weighted by molar-refractivity contribution is 0.0530. The molecule has 7 nitrogen and oxygen atoms in total. The van der Waals surface area contributed by atoms with Crippen LogP contribution in [0.1, 0.15) is 28.8 Å². The van der Waals surface area contributed by atoms with Gasteiger partial charge >= 0.3 is 0 Å². The summed E-state index contributed by atoms with van der Waals surface area (Å²) in [7, 11) is 0. The minimum atomic E-state index is -0.289. The van der Waals surface area contributed by atoms with Gasteiger partial charge in [-0.25, -0.2) is 0 Å². The smallest absolute Gasteiger partial charge is 0.251 e. The van der Waals surface area contributed by atoms with E-state index in [0.29, 0.717) is 47.5 Å². The summed E-state index contributed by atoms with van der Waals surface area (Å²) < 4.78 is 17.6. The Hall–Kier alpha value is -3.24. The number of benzene rings is 2. The Morgan fingerprint density at radius 3 is 2.68 bits per heavy atom. The number of carbonyl (C=O) groups excluding carboxylic acids is 1. The van der Waals surface area contributed by atoms with Gasteiger partial charge in [0.15, 0.2) is 17.6 Å². The minimum Gasteiger partial charge on any atom is -0.490 e. The second kappa shape index (κ2) is 8.48. The van der Waals surface area contributed by atoms with Gasteiger partial charge in [-0.15, -0.1) is 0 Å². The molecule has 7 heteroatoms. The van der Waals surface area contributed by atoms with Crippen molar-refractivity contribution in [1.29, 1.82) is 5.26 Å². The van der Waals surface area contributed by atoms with Crippen LogP contribution in [0.15, 0.2) is 42.5 Å². The third kappa shape index (κ3) is 4.30. The van der Waals surface area contributed by atoms with Crippen molar-refractivity contribution < 1.29 is 19.0 Å². The Morgan fingerprint density at radius 2 is 1.97 bits per heavy atom. The standard InChI is InChI=1S/C24H25N3O4/c25-12-16-1-4-19(5-2-16)29-14-20-15-30-22-6-3-18(11-23(22)31-20)24(28)26-21-13-27-9-7-17(21)8-10-27/h1-6,11,17,20-21H,7-10,13-15H2,(H,26,28)/t20-,21-/m0/s1. The van der Waals surface area contributed by atoms with Crippen molar-refractivity contribution in [3.8, 4) is 23.3 Å². The number of hydrogen-bond acceptors (Lipinski definition) is 6. The summed E-state index contributed by atoms with van der Waals surface area (Å²) in [5.41, 5.74) is 1.16. The Bertz CT molecular complexity index is 993. The molecule has 2 aromatic rings. The predicted octanol–water partition coefficient (Wildman–Crippen LogP) is 2.60. The molecule has 4 aliphatic heterocycles. The van der Waals surface area contributed by atoms with E-state index in [9.17, 15) is 4.79 Å². The molecule has 0 unspecified atom stereocenters. The van der Waals surface area contributed by atoms with Crippen molar-refractivity contribution in [2.45, 2.75) is 25.0 Å². The highest BCUT2D eigenvalue weighted by Crippen LogP contribution is 2.33. The Kier molecular flexibility index (Phi) is 5.39. The normalized spacial score (nSPS) is 26.0. The summed E-state index contributed by atoms with van der Waals surface area (Å²) in [5, 5.41) is 12.1. The van der Waals surface area contributed by atoms with E-state index >= 15 is 0 Å². The van der Waals surface area contributed by atoms with E-state index in [2.05, 4.69) is 16.3 Å². The van der Waals surface area contributed by atoms with Crippen molar-refractivity contribution >= 4 is 5.91 Å². The molecule has 1 amide bonds. The molecule has 31 heavy (non-hydrogen) atoms. The molecular formula is C24H25N3O4. The van der Waals surface area contributed by atoms with Crippen LogP contribution in [0.5, 0.6) is 17.2 Å². The largest absolute Gasteiger partial charge is 0.490 e. The van der Waals surface area contributed by atoms with Crippen LogP contribution >= 0.6 is 0 Å². The fourth-order valence-corrected chi connectivity index (χ4v) is 4.53. The molecule has 2 aromatic carbocycles. The van der Waals surface area contributed by atoms with E-state index in [1.165, 1.54) is 0 Å². The third-order valence-corrected chi connectivity index (χ3v) is 6.32. The summed E-state index contributed by atoms with van der Waals surface area (Å²) in [6.45, 7) is 3.91. The minimum absolute atomic E-state index is 0.0684. The van der Waals surface area contributed by atoms with Gasteiger partial charge in [0, 0.05) is 18.2 Å². The molecule has 4 aliphatic rings. The lowest BCUT2D eigenvalue weighted by Gasteiger charge is -2.44. The van der Waals surface area contributed by atoms with Crippen LogP contribution < -0.4 is 19.5 Å². The highest BCUT2D eigenvalue weighted by atomic mass is 16.6. The number of fused-ring (bicyclic) bond motifs is 4. The summed E-state index contributed by atoms with van der Waals surface area (Å²) >= 11 is 0. The first-order valence-corrected chi connectivity index (χ1v) is 10.8. The molecule has 160 valence electrons. The summed E-state index contributed by atoms with van der Waals surface area (Å²) in [6, 6.07) is 14.6. The second-order valence-electron chi connectivity index (χ2n) is 8.38. The first kappa shape index (κ1) is 19.7. The number of hydrogen-bond donors (Lipinski definition) is 1. The van der Waals surface area contributed by atoms with Gasteiger partial charge in [0.1, 0.15) is 19.0 Å². The molecule has 0 spiro atoms. The van der Waals surface area contributed by atoms with Gasteiger partial charge in [-0.1, -0.05) is 0 Å². The maximum atomic E-state index is 12.8. The molecule has 3 fully saturated rings. The zero-order chi connectivity index (χ0) is 21.2. The SMILES string of the molecule is N#Cc1ccc(OC[C@H]2COc3ccc(C(=O)N[C@H]4CN5CCC4CC5)cc3O2)cc1. The van der Waals surface area contributed by atoms with Gasteiger partial charge in [0.2, 0.25) is 0 Å². The Morgan fingerprint density at radius 1 is 1.16 bits per heavy atom. The lowest BCUT2D eigenvalue weighted by atomic mass is 9.84. The van der Waals surface area contributed by atoms with E-state index in [0.717, 1.165) is 32.5 Å². The number of rotatable bonds is 5. The first-order valence-electron chi connectivity index (χ1n) is 10.8. The van der Waals surface area contributed by atoms with Crippen LogP contribution in [0.3, 0.4) is 0 Å². The fraction of sp³-hybridized carbons (Fsp3) is 0.417. The molecule has 0 radical (unpaired) electrons. The monoisotopic (exact) mass is 419 g/mol. The van der Waals surface area contributed by atoms with Crippen LogP contribution in [-0.2, 0) is 0 Å². The Labute approximate surface area is 181 Å². The van der Waals surface area contributed by atoms with Crippen LogP contribution in [0.2, 0.25) is 0 Å². The van der Waals surface area contributed by atoms with Crippen LogP contribution in [0.25, 0.3) is 0 Å². The number of nitrogens with zero attached hydrogens (tertiary/aromatic N) is 2.